The van der Waals surface area contributed by atoms with Crippen LogP contribution in [0.3, 0.4) is 0 Å². The van der Waals surface area contributed by atoms with Gasteiger partial charge in [0.05, 0.1) is 17.7 Å². The van der Waals surface area contributed by atoms with Crippen LogP contribution in [0, 0.1) is 13.8 Å². The summed E-state index contributed by atoms with van der Waals surface area (Å²) in [5, 5.41) is 2.97. The van der Waals surface area contributed by atoms with Gasteiger partial charge < -0.3 is 15.0 Å². The molecule has 1 N–H and O–H groups in total. The molecular weight excluding hydrogens is 586 g/mol. The molecule has 236 valence electrons. The zero-order valence-electron chi connectivity index (χ0n) is 26.3. The Labute approximate surface area is 266 Å². The van der Waals surface area contributed by atoms with Crippen LogP contribution >= 0.6 is 0 Å². The number of rotatable bonds is 14. The van der Waals surface area contributed by atoms with Gasteiger partial charge in [-0.2, -0.15) is 0 Å². The fourth-order valence-corrected chi connectivity index (χ4v) is 6.56. The standard InChI is InChI=1S/C36H41N3O5S/c1-5-22-37-36(41)33(24-29-15-8-6-9-16-29)38(25-30-17-13-12-14-28(30)3)35(40)26-39(32-23-27(2)20-21-34(32)44-4)45(42,43)31-18-10-7-11-19-31/h6-21,23,33H,5,22,24-26H2,1-4H3,(H,37,41). The zero-order chi connectivity index (χ0) is 32.4. The van der Waals surface area contributed by atoms with Crippen LogP contribution in [0.4, 0.5) is 5.69 Å². The lowest BCUT2D eigenvalue weighted by atomic mass is 10.0. The summed E-state index contributed by atoms with van der Waals surface area (Å²) in [5.74, 6) is -0.512. The Balaban J connectivity index is 1.85. The van der Waals surface area contributed by atoms with Gasteiger partial charge in [0.15, 0.2) is 0 Å². The lowest BCUT2D eigenvalue weighted by Gasteiger charge is -2.34. The minimum atomic E-state index is -4.23. The highest BCUT2D eigenvalue weighted by molar-refractivity contribution is 7.92. The van der Waals surface area contributed by atoms with E-state index in [2.05, 4.69) is 5.32 Å². The molecule has 4 rings (SSSR count). The molecule has 2 amide bonds. The molecule has 9 heteroatoms. The third-order valence-electron chi connectivity index (χ3n) is 7.64. The molecule has 0 spiro atoms. The number of carbonyl (C=O) groups excluding carboxylic acids is 2. The Kier molecular flexibility index (Phi) is 11.4. The van der Waals surface area contributed by atoms with Crippen molar-refractivity contribution in [3.05, 3.63) is 125 Å². The zero-order valence-corrected chi connectivity index (χ0v) is 27.1. The first kappa shape index (κ1) is 33.3. The Bertz CT molecular complexity index is 1690. The monoisotopic (exact) mass is 627 g/mol. The smallest absolute Gasteiger partial charge is 0.264 e. The maximum absolute atomic E-state index is 14.6. The summed E-state index contributed by atoms with van der Waals surface area (Å²) >= 11 is 0. The fourth-order valence-electron chi connectivity index (χ4n) is 5.12. The van der Waals surface area contributed by atoms with Crippen LogP contribution in [0.5, 0.6) is 5.75 Å². The van der Waals surface area contributed by atoms with Crippen molar-refractivity contribution >= 4 is 27.5 Å². The first-order valence-electron chi connectivity index (χ1n) is 15.0. The van der Waals surface area contributed by atoms with E-state index in [1.807, 2.05) is 81.4 Å². The van der Waals surface area contributed by atoms with Crippen LogP contribution in [0.25, 0.3) is 0 Å². The number of nitrogens with zero attached hydrogens (tertiary/aromatic N) is 2. The summed E-state index contributed by atoms with van der Waals surface area (Å²) in [6.07, 6.45) is 0.985. The number of carbonyl (C=O) groups is 2. The van der Waals surface area contributed by atoms with Crippen molar-refractivity contribution in [2.24, 2.45) is 0 Å². The van der Waals surface area contributed by atoms with Crippen LogP contribution in [0.1, 0.15) is 35.6 Å². The van der Waals surface area contributed by atoms with Gasteiger partial charge in [-0.15, -0.1) is 0 Å². The highest BCUT2D eigenvalue weighted by Gasteiger charge is 2.35. The summed E-state index contributed by atoms with van der Waals surface area (Å²) < 4.78 is 35.1. The number of hydrogen-bond acceptors (Lipinski definition) is 5. The molecule has 0 saturated carbocycles. The van der Waals surface area contributed by atoms with E-state index in [0.29, 0.717) is 12.3 Å². The lowest BCUT2D eigenvalue weighted by Crippen LogP contribution is -2.53. The number of benzene rings is 4. The largest absolute Gasteiger partial charge is 0.495 e. The van der Waals surface area contributed by atoms with E-state index < -0.39 is 28.5 Å². The predicted molar refractivity (Wildman–Crippen MR) is 178 cm³/mol. The van der Waals surface area contributed by atoms with E-state index in [4.69, 9.17) is 4.74 Å². The highest BCUT2D eigenvalue weighted by Crippen LogP contribution is 2.34. The number of amides is 2. The summed E-state index contributed by atoms with van der Waals surface area (Å²) in [5.41, 5.74) is 3.73. The van der Waals surface area contributed by atoms with Gasteiger partial charge in [0.2, 0.25) is 11.8 Å². The molecule has 0 aliphatic rings. The maximum atomic E-state index is 14.6. The van der Waals surface area contributed by atoms with E-state index >= 15 is 0 Å². The first-order chi connectivity index (χ1) is 21.6. The number of sulfonamides is 1. The lowest BCUT2D eigenvalue weighted by molar-refractivity contribution is -0.140. The third kappa shape index (κ3) is 8.30. The molecular formula is C36H41N3O5S. The maximum Gasteiger partial charge on any atom is 0.264 e. The number of ether oxygens (including phenoxy) is 1. The first-order valence-corrected chi connectivity index (χ1v) is 16.5. The summed E-state index contributed by atoms with van der Waals surface area (Å²) in [6, 6.07) is 29.5. The van der Waals surface area contributed by atoms with Gasteiger partial charge >= 0.3 is 0 Å². The number of hydrogen-bond donors (Lipinski definition) is 1. The Hall–Kier alpha value is -4.63. The molecule has 0 saturated heterocycles. The second kappa shape index (κ2) is 15.4. The molecule has 4 aromatic rings. The Morgan fingerprint density at radius 2 is 1.51 bits per heavy atom. The van der Waals surface area contributed by atoms with E-state index in [1.54, 1.807) is 30.3 Å². The van der Waals surface area contributed by atoms with Crippen molar-refractivity contribution in [2.75, 3.05) is 24.5 Å². The van der Waals surface area contributed by atoms with Crippen LogP contribution in [0.2, 0.25) is 0 Å². The van der Waals surface area contributed by atoms with Gasteiger partial charge in [-0.05, 0) is 66.8 Å². The average molecular weight is 628 g/mol. The fraction of sp³-hybridized carbons (Fsp3) is 0.278. The summed E-state index contributed by atoms with van der Waals surface area (Å²) in [7, 11) is -2.77. The quantitative estimate of drug-likeness (QED) is 0.194. The third-order valence-corrected chi connectivity index (χ3v) is 9.41. The van der Waals surface area contributed by atoms with Gasteiger partial charge in [-0.25, -0.2) is 8.42 Å². The minimum absolute atomic E-state index is 0.0355. The molecule has 0 aliphatic heterocycles. The summed E-state index contributed by atoms with van der Waals surface area (Å²) in [4.78, 5) is 29.9. The van der Waals surface area contributed by atoms with E-state index in [-0.39, 0.29) is 29.5 Å². The molecule has 0 radical (unpaired) electrons. The van der Waals surface area contributed by atoms with Crippen LogP contribution in [0.15, 0.2) is 108 Å². The highest BCUT2D eigenvalue weighted by atomic mass is 32.2. The molecule has 0 bridgehead atoms. The van der Waals surface area contributed by atoms with Crippen molar-refractivity contribution in [2.45, 2.75) is 51.1 Å². The van der Waals surface area contributed by atoms with E-state index in [1.165, 1.54) is 24.1 Å². The average Bonchev–Trinajstić information content (AvgIpc) is 3.05. The number of nitrogens with one attached hydrogen (secondary N) is 1. The molecule has 8 nitrogen and oxygen atoms in total. The Morgan fingerprint density at radius 1 is 0.867 bits per heavy atom. The molecule has 0 heterocycles. The van der Waals surface area contributed by atoms with Crippen LogP contribution in [-0.2, 0) is 32.6 Å². The van der Waals surface area contributed by atoms with Crippen molar-refractivity contribution in [3.8, 4) is 5.75 Å². The van der Waals surface area contributed by atoms with Gasteiger partial charge in [0.25, 0.3) is 10.0 Å². The predicted octanol–water partition coefficient (Wildman–Crippen LogP) is 5.67. The Morgan fingerprint density at radius 3 is 2.16 bits per heavy atom. The number of aryl methyl sites for hydroxylation is 2. The normalized spacial score (nSPS) is 11.8. The molecule has 0 aliphatic carbocycles. The SMILES string of the molecule is CCCNC(=O)C(Cc1ccccc1)N(Cc1ccccc1C)C(=O)CN(c1cc(C)ccc1OC)S(=O)(=O)c1ccccc1. The number of methoxy groups -OCH3 is 1. The molecule has 0 aromatic heterocycles. The topological polar surface area (TPSA) is 96.0 Å². The molecule has 0 fully saturated rings. The van der Waals surface area contributed by atoms with Crippen molar-refractivity contribution < 1.29 is 22.7 Å². The molecule has 1 unspecified atom stereocenters. The minimum Gasteiger partial charge on any atom is -0.495 e. The van der Waals surface area contributed by atoms with Crippen LogP contribution < -0.4 is 14.4 Å². The number of anilines is 1. The molecule has 45 heavy (non-hydrogen) atoms. The molecule has 1 atom stereocenters. The second-order valence-corrected chi connectivity index (χ2v) is 12.8. The second-order valence-electron chi connectivity index (χ2n) is 10.9. The van der Waals surface area contributed by atoms with Gasteiger partial charge in [-0.1, -0.05) is 85.8 Å². The van der Waals surface area contributed by atoms with Gasteiger partial charge in [-0.3, -0.25) is 13.9 Å². The van der Waals surface area contributed by atoms with Crippen molar-refractivity contribution in [1.29, 1.82) is 0 Å². The van der Waals surface area contributed by atoms with Crippen molar-refractivity contribution in [1.82, 2.24) is 10.2 Å². The van der Waals surface area contributed by atoms with Gasteiger partial charge in [0, 0.05) is 19.5 Å². The van der Waals surface area contributed by atoms with Crippen molar-refractivity contribution in [3.63, 3.8) is 0 Å². The summed E-state index contributed by atoms with van der Waals surface area (Å²) in [6.45, 7) is 5.78. The molecule has 4 aromatic carbocycles. The van der Waals surface area contributed by atoms with E-state index in [9.17, 15) is 18.0 Å². The van der Waals surface area contributed by atoms with E-state index in [0.717, 1.165) is 33.0 Å². The van der Waals surface area contributed by atoms with Crippen LogP contribution in [-0.4, -0.2) is 51.4 Å². The van der Waals surface area contributed by atoms with Gasteiger partial charge in [0.1, 0.15) is 18.3 Å².